The topological polar surface area (TPSA) is 46.9 Å². The van der Waals surface area contributed by atoms with Crippen molar-refractivity contribution in [1.82, 2.24) is 14.9 Å². The summed E-state index contributed by atoms with van der Waals surface area (Å²) in [6, 6.07) is 14.9. The van der Waals surface area contributed by atoms with Crippen LogP contribution in [0.1, 0.15) is 49.9 Å². The van der Waals surface area contributed by atoms with Crippen LogP contribution >= 0.6 is 0 Å². The zero-order valence-corrected chi connectivity index (χ0v) is 18.4. The summed E-state index contributed by atoms with van der Waals surface area (Å²) in [7, 11) is 0. The number of nitrogens with one attached hydrogen (secondary N) is 1. The molecule has 0 aliphatic heterocycles. The molecule has 1 amide bonds. The first kappa shape index (κ1) is 20.0. The Morgan fingerprint density at radius 2 is 1.66 bits per heavy atom. The Balaban J connectivity index is 1.19. The summed E-state index contributed by atoms with van der Waals surface area (Å²) >= 11 is 0. The molecule has 1 heterocycles. The van der Waals surface area contributed by atoms with Gasteiger partial charge in [-0.2, -0.15) is 0 Å². The van der Waals surface area contributed by atoms with E-state index in [-0.39, 0.29) is 17.1 Å². The van der Waals surface area contributed by atoms with Crippen LogP contribution in [-0.2, 0) is 17.8 Å². The summed E-state index contributed by atoms with van der Waals surface area (Å²) < 4.78 is 16.4. The van der Waals surface area contributed by atoms with E-state index in [2.05, 4.69) is 9.88 Å². The number of nitrogens with zero attached hydrogens (tertiary/aromatic N) is 2. The van der Waals surface area contributed by atoms with Crippen molar-refractivity contribution in [2.24, 2.45) is 23.2 Å². The summed E-state index contributed by atoms with van der Waals surface area (Å²) in [4.78, 5) is 18.1. The number of rotatable bonds is 6. The fourth-order valence-corrected chi connectivity index (χ4v) is 7.15. The van der Waals surface area contributed by atoms with Crippen molar-refractivity contribution in [3.05, 3.63) is 65.7 Å². The lowest BCUT2D eigenvalue weighted by atomic mass is 9.49. The Morgan fingerprint density at radius 3 is 2.38 bits per heavy atom. The highest BCUT2D eigenvalue weighted by atomic mass is 19.1. The van der Waals surface area contributed by atoms with Crippen molar-refractivity contribution < 1.29 is 9.18 Å². The van der Waals surface area contributed by atoms with Crippen LogP contribution in [0.4, 0.5) is 4.39 Å². The smallest absolute Gasteiger partial charge is 0.226 e. The molecule has 0 unspecified atom stereocenters. The molecule has 0 atom stereocenters. The van der Waals surface area contributed by atoms with Crippen molar-refractivity contribution in [2.45, 2.75) is 51.5 Å². The molecule has 0 spiro atoms. The van der Waals surface area contributed by atoms with E-state index in [0.29, 0.717) is 25.1 Å². The molecule has 32 heavy (non-hydrogen) atoms. The van der Waals surface area contributed by atoms with Crippen molar-refractivity contribution in [1.29, 1.82) is 0 Å². The van der Waals surface area contributed by atoms with Crippen LogP contribution < -0.4 is 5.32 Å². The molecular formula is C27H30FN3O. The number of amides is 1. The molecule has 3 aromatic rings. The average molecular weight is 432 g/mol. The summed E-state index contributed by atoms with van der Waals surface area (Å²) in [5.74, 6) is 3.23. The molecule has 7 rings (SSSR count). The largest absolute Gasteiger partial charge is 0.355 e. The fourth-order valence-electron chi connectivity index (χ4n) is 7.15. The Bertz CT molecular complexity index is 1130. The van der Waals surface area contributed by atoms with Crippen molar-refractivity contribution in [3.8, 4) is 0 Å². The average Bonchev–Trinajstić information content (AvgIpc) is 3.11. The van der Waals surface area contributed by atoms with E-state index in [1.807, 2.05) is 36.4 Å². The van der Waals surface area contributed by atoms with E-state index in [9.17, 15) is 9.18 Å². The molecule has 4 fully saturated rings. The first-order valence-electron chi connectivity index (χ1n) is 12.1. The molecule has 2 aromatic carbocycles. The normalized spacial score (nSPS) is 28.3. The van der Waals surface area contributed by atoms with Gasteiger partial charge in [-0.1, -0.05) is 30.3 Å². The fraction of sp³-hybridized carbons (Fsp3) is 0.481. The molecule has 4 saturated carbocycles. The van der Waals surface area contributed by atoms with Crippen LogP contribution in [0.3, 0.4) is 0 Å². The molecule has 0 saturated heterocycles. The second-order valence-corrected chi connectivity index (χ2v) is 10.4. The first-order valence-corrected chi connectivity index (χ1v) is 12.1. The molecule has 4 bridgehead atoms. The lowest BCUT2D eigenvalue weighted by molar-refractivity contribution is -0.146. The summed E-state index contributed by atoms with van der Waals surface area (Å²) in [6.07, 6.45) is 7.90. The van der Waals surface area contributed by atoms with Crippen molar-refractivity contribution in [2.75, 3.05) is 6.54 Å². The molecule has 166 valence electrons. The molecule has 4 aliphatic rings. The van der Waals surface area contributed by atoms with Gasteiger partial charge in [-0.05, 0) is 74.5 Å². The number of para-hydroxylation sites is 2. The molecule has 0 radical (unpaired) electrons. The number of fused-ring (bicyclic) bond motifs is 1. The molecule has 1 aromatic heterocycles. The van der Waals surface area contributed by atoms with E-state index < -0.39 is 0 Å². The highest BCUT2D eigenvalue weighted by Crippen LogP contribution is 2.60. The first-order chi connectivity index (χ1) is 15.6. The van der Waals surface area contributed by atoms with Gasteiger partial charge < -0.3 is 9.88 Å². The van der Waals surface area contributed by atoms with Crippen LogP contribution in [0.15, 0.2) is 48.5 Å². The van der Waals surface area contributed by atoms with Crippen molar-refractivity contribution in [3.63, 3.8) is 0 Å². The summed E-state index contributed by atoms with van der Waals surface area (Å²) in [5, 5.41) is 3.27. The van der Waals surface area contributed by atoms with E-state index in [1.165, 1.54) is 25.3 Å². The molecule has 4 aliphatic carbocycles. The Labute approximate surface area is 188 Å². The molecule has 1 N–H and O–H groups in total. The van der Waals surface area contributed by atoms with Crippen LogP contribution in [0.25, 0.3) is 11.0 Å². The molecule has 4 nitrogen and oxygen atoms in total. The maximum Gasteiger partial charge on any atom is 0.226 e. The number of benzene rings is 2. The third-order valence-corrected chi connectivity index (χ3v) is 8.17. The zero-order chi connectivity index (χ0) is 21.7. The Kier molecular flexibility index (Phi) is 4.81. The summed E-state index contributed by atoms with van der Waals surface area (Å²) in [5.41, 5.74) is 2.43. The summed E-state index contributed by atoms with van der Waals surface area (Å²) in [6.45, 7) is 1.01. The number of hydrogen-bond acceptors (Lipinski definition) is 2. The van der Waals surface area contributed by atoms with Crippen LogP contribution in [-0.4, -0.2) is 22.0 Å². The second-order valence-electron chi connectivity index (χ2n) is 10.4. The highest BCUT2D eigenvalue weighted by Gasteiger charge is 2.54. The quantitative estimate of drug-likeness (QED) is 0.590. The minimum absolute atomic E-state index is 0.123. The maximum atomic E-state index is 14.3. The number of carbonyl (C=O) groups excluding carboxylic acids is 1. The third-order valence-electron chi connectivity index (χ3n) is 8.17. The van der Waals surface area contributed by atoms with Gasteiger partial charge in [0.25, 0.3) is 0 Å². The van der Waals surface area contributed by atoms with Gasteiger partial charge in [0.1, 0.15) is 11.6 Å². The lowest BCUT2D eigenvalue weighted by Gasteiger charge is -2.55. The van der Waals surface area contributed by atoms with E-state index in [1.54, 1.807) is 6.07 Å². The third kappa shape index (κ3) is 3.42. The zero-order valence-electron chi connectivity index (χ0n) is 18.4. The van der Waals surface area contributed by atoms with Gasteiger partial charge in [-0.3, -0.25) is 4.79 Å². The number of aromatic nitrogens is 2. The SMILES string of the molecule is O=C(NCCc1nc2ccccc2n1Cc1ccccc1F)C12CC3CC(CC(C3)C1)C2. The number of carbonyl (C=O) groups is 1. The van der Waals surface area contributed by atoms with Gasteiger partial charge in [-0.25, -0.2) is 9.37 Å². The van der Waals surface area contributed by atoms with Gasteiger partial charge >= 0.3 is 0 Å². The molecular weight excluding hydrogens is 401 g/mol. The Morgan fingerprint density at radius 1 is 1.00 bits per heavy atom. The monoisotopic (exact) mass is 431 g/mol. The molecule has 5 heteroatoms. The second kappa shape index (κ2) is 7.72. The standard InChI is InChI=1S/C27H30FN3O/c28-22-6-2-1-5-21(22)17-31-24-8-4-3-7-23(24)30-25(31)9-10-29-26(32)27-14-18-11-19(15-27)13-20(12-18)16-27/h1-8,18-20H,9-17H2,(H,29,32). The van der Waals surface area contributed by atoms with E-state index in [0.717, 1.165) is 53.9 Å². The minimum atomic E-state index is -0.202. The number of halogens is 1. The van der Waals surface area contributed by atoms with E-state index in [4.69, 9.17) is 4.98 Å². The van der Waals surface area contributed by atoms with Crippen LogP contribution in [0, 0.1) is 29.0 Å². The lowest BCUT2D eigenvalue weighted by Crippen LogP contribution is -2.53. The van der Waals surface area contributed by atoms with Crippen LogP contribution in [0.2, 0.25) is 0 Å². The number of imidazole rings is 1. The van der Waals surface area contributed by atoms with Gasteiger partial charge in [-0.15, -0.1) is 0 Å². The van der Waals surface area contributed by atoms with Gasteiger partial charge in [0, 0.05) is 23.9 Å². The Hall–Kier alpha value is -2.69. The minimum Gasteiger partial charge on any atom is -0.355 e. The van der Waals surface area contributed by atoms with Crippen LogP contribution in [0.5, 0.6) is 0 Å². The van der Waals surface area contributed by atoms with Gasteiger partial charge in [0.15, 0.2) is 0 Å². The highest BCUT2D eigenvalue weighted by molar-refractivity contribution is 5.83. The number of hydrogen-bond donors (Lipinski definition) is 1. The predicted molar refractivity (Wildman–Crippen MR) is 123 cm³/mol. The van der Waals surface area contributed by atoms with Gasteiger partial charge in [0.05, 0.1) is 17.6 Å². The van der Waals surface area contributed by atoms with Gasteiger partial charge in [0.2, 0.25) is 5.91 Å². The van der Waals surface area contributed by atoms with Crippen molar-refractivity contribution >= 4 is 16.9 Å². The predicted octanol–water partition coefficient (Wildman–Crippen LogP) is 5.10. The maximum absolute atomic E-state index is 14.3. The van der Waals surface area contributed by atoms with E-state index >= 15 is 0 Å².